The van der Waals surface area contributed by atoms with Crippen LogP contribution in [0.15, 0.2) is 29.2 Å². The Bertz CT molecular complexity index is 772. The van der Waals surface area contributed by atoms with Crippen LogP contribution in [0.2, 0.25) is 0 Å². The molecule has 9 nitrogen and oxygen atoms in total. The van der Waals surface area contributed by atoms with Crippen molar-refractivity contribution in [3.05, 3.63) is 30.1 Å². The maximum absolute atomic E-state index is 13.2. The Morgan fingerprint density at radius 3 is 2.48 bits per heavy atom. The SMILES string of the molecule is CCNC(=O)N1CCCN(S(=O)(=O)c2ccc(F)cc2)C1C(=O)NCCN. The van der Waals surface area contributed by atoms with E-state index < -0.39 is 33.9 Å². The number of urea groups is 1. The summed E-state index contributed by atoms with van der Waals surface area (Å²) in [7, 11) is -4.13. The van der Waals surface area contributed by atoms with Crippen LogP contribution in [-0.2, 0) is 14.8 Å². The quantitative estimate of drug-likeness (QED) is 0.601. The highest BCUT2D eigenvalue weighted by molar-refractivity contribution is 7.89. The molecule has 1 aliphatic heterocycles. The lowest BCUT2D eigenvalue weighted by Gasteiger charge is -2.41. The van der Waals surface area contributed by atoms with Gasteiger partial charge in [0.25, 0.3) is 5.91 Å². The van der Waals surface area contributed by atoms with E-state index in [1.54, 1.807) is 6.92 Å². The van der Waals surface area contributed by atoms with E-state index in [1.165, 1.54) is 4.90 Å². The number of hydrogen-bond acceptors (Lipinski definition) is 5. The number of hydrogen-bond donors (Lipinski definition) is 3. The third-order valence-electron chi connectivity index (χ3n) is 4.03. The Morgan fingerprint density at radius 2 is 1.89 bits per heavy atom. The molecule has 1 aromatic carbocycles. The monoisotopic (exact) mass is 401 g/mol. The summed E-state index contributed by atoms with van der Waals surface area (Å²) in [5.41, 5.74) is 5.40. The molecule has 0 radical (unpaired) electrons. The molecule has 0 aliphatic carbocycles. The van der Waals surface area contributed by atoms with Crippen LogP contribution in [-0.4, -0.2) is 68.5 Å². The summed E-state index contributed by atoms with van der Waals surface area (Å²) in [6, 6.07) is 3.78. The van der Waals surface area contributed by atoms with Crippen LogP contribution in [0.25, 0.3) is 0 Å². The Balaban J connectivity index is 2.42. The van der Waals surface area contributed by atoms with Gasteiger partial charge in [-0.05, 0) is 37.6 Å². The van der Waals surface area contributed by atoms with Gasteiger partial charge in [-0.15, -0.1) is 0 Å². The van der Waals surface area contributed by atoms with Crippen molar-refractivity contribution in [1.29, 1.82) is 0 Å². The highest BCUT2D eigenvalue weighted by Gasteiger charge is 2.43. The van der Waals surface area contributed by atoms with Crippen molar-refractivity contribution < 1.29 is 22.4 Å². The highest BCUT2D eigenvalue weighted by Crippen LogP contribution is 2.24. The summed E-state index contributed by atoms with van der Waals surface area (Å²) in [5.74, 6) is -1.22. The topological polar surface area (TPSA) is 125 Å². The number of nitrogens with zero attached hydrogens (tertiary/aromatic N) is 2. The minimum absolute atomic E-state index is 0.0519. The highest BCUT2D eigenvalue weighted by atomic mass is 32.2. The van der Waals surface area contributed by atoms with Crippen LogP contribution in [0.1, 0.15) is 13.3 Å². The number of benzene rings is 1. The van der Waals surface area contributed by atoms with Gasteiger partial charge in [0.15, 0.2) is 6.17 Å². The molecule has 1 aromatic rings. The molecule has 0 saturated carbocycles. The van der Waals surface area contributed by atoms with Gasteiger partial charge in [-0.1, -0.05) is 0 Å². The summed E-state index contributed by atoms with van der Waals surface area (Å²) in [5, 5.41) is 5.13. The van der Waals surface area contributed by atoms with Gasteiger partial charge in [-0.2, -0.15) is 4.31 Å². The standard InChI is InChI=1S/C16H24FN5O4S/c1-2-19-16(24)21-10-3-11-22(15(21)14(23)20-9-8-18)27(25,26)13-6-4-12(17)5-7-13/h4-7,15H,2-3,8-11,18H2,1H3,(H,19,24)(H,20,23). The maximum atomic E-state index is 13.2. The first-order valence-corrected chi connectivity index (χ1v) is 10.1. The molecule has 27 heavy (non-hydrogen) atoms. The third-order valence-corrected chi connectivity index (χ3v) is 5.90. The van der Waals surface area contributed by atoms with E-state index in [0.717, 1.165) is 28.6 Å². The Morgan fingerprint density at radius 1 is 1.22 bits per heavy atom. The van der Waals surface area contributed by atoms with Gasteiger partial charge >= 0.3 is 6.03 Å². The lowest BCUT2D eigenvalue weighted by Crippen LogP contribution is -2.65. The van der Waals surface area contributed by atoms with Crippen molar-refractivity contribution in [2.75, 3.05) is 32.7 Å². The predicted molar refractivity (Wildman–Crippen MR) is 96.5 cm³/mol. The number of carbonyl (C=O) groups excluding carboxylic acids is 2. The smallest absolute Gasteiger partial charge is 0.319 e. The van der Waals surface area contributed by atoms with Crippen LogP contribution < -0.4 is 16.4 Å². The molecule has 2 rings (SSSR count). The van der Waals surface area contributed by atoms with Crippen molar-refractivity contribution in [3.63, 3.8) is 0 Å². The van der Waals surface area contributed by atoms with Gasteiger partial charge in [0, 0.05) is 32.7 Å². The maximum Gasteiger partial charge on any atom is 0.319 e. The zero-order valence-corrected chi connectivity index (χ0v) is 15.8. The summed E-state index contributed by atoms with van der Waals surface area (Å²) < 4.78 is 40.2. The average Bonchev–Trinajstić information content (AvgIpc) is 2.66. The first kappa shape index (κ1) is 21.1. The van der Waals surface area contributed by atoms with Gasteiger partial charge < -0.3 is 16.4 Å². The van der Waals surface area contributed by atoms with Crippen molar-refractivity contribution >= 4 is 22.0 Å². The Hall–Kier alpha value is -2.24. The molecular formula is C16H24FN5O4S. The number of halogens is 1. The molecule has 150 valence electrons. The molecule has 0 aromatic heterocycles. The molecule has 1 unspecified atom stereocenters. The molecule has 11 heteroatoms. The lowest BCUT2D eigenvalue weighted by atomic mass is 10.2. The number of amides is 3. The van der Waals surface area contributed by atoms with Crippen molar-refractivity contribution in [1.82, 2.24) is 19.8 Å². The largest absolute Gasteiger partial charge is 0.352 e. The van der Waals surface area contributed by atoms with Crippen molar-refractivity contribution in [2.45, 2.75) is 24.4 Å². The molecule has 0 bridgehead atoms. The van der Waals surface area contributed by atoms with E-state index >= 15 is 0 Å². The Kier molecular flexibility index (Phi) is 7.11. The zero-order chi connectivity index (χ0) is 20.0. The van der Waals surface area contributed by atoms with Crippen LogP contribution in [0.5, 0.6) is 0 Å². The van der Waals surface area contributed by atoms with E-state index in [4.69, 9.17) is 5.73 Å². The van der Waals surface area contributed by atoms with Crippen LogP contribution in [0.4, 0.5) is 9.18 Å². The van der Waals surface area contributed by atoms with Crippen LogP contribution >= 0.6 is 0 Å². The zero-order valence-electron chi connectivity index (χ0n) is 15.0. The fourth-order valence-electron chi connectivity index (χ4n) is 2.81. The summed E-state index contributed by atoms with van der Waals surface area (Å²) in [4.78, 5) is 26.1. The van der Waals surface area contributed by atoms with Gasteiger partial charge in [-0.3, -0.25) is 9.69 Å². The van der Waals surface area contributed by atoms with Gasteiger partial charge in [0.2, 0.25) is 10.0 Å². The molecular weight excluding hydrogens is 377 g/mol. The van der Waals surface area contributed by atoms with E-state index in [2.05, 4.69) is 10.6 Å². The van der Waals surface area contributed by atoms with E-state index in [9.17, 15) is 22.4 Å². The molecule has 1 fully saturated rings. The van der Waals surface area contributed by atoms with Gasteiger partial charge in [-0.25, -0.2) is 17.6 Å². The number of rotatable bonds is 6. The molecule has 1 aliphatic rings. The molecule has 4 N–H and O–H groups in total. The average molecular weight is 401 g/mol. The van der Waals surface area contributed by atoms with Gasteiger partial charge in [0.1, 0.15) is 5.82 Å². The first-order valence-electron chi connectivity index (χ1n) is 8.62. The second kappa shape index (κ2) is 9.11. The molecule has 0 spiro atoms. The summed E-state index contributed by atoms with van der Waals surface area (Å²) >= 11 is 0. The van der Waals surface area contributed by atoms with E-state index in [0.29, 0.717) is 13.0 Å². The second-order valence-electron chi connectivity index (χ2n) is 5.91. The molecule has 1 saturated heterocycles. The molecule has 1 atom stereocenters. The normalized spacial score (nSPS) is 18.2. The van der Waals surface area contributed by atoms with Crippen molar-refractivity contribution in [2.24, 2.45) is 5.73 Å². The fourth-order valence-corrected chi connectivity index (χ4v) is 4.41. The second-order valence-corrected chi connectivity index (χ2v) is 7.80. The number of sulfonamides is 1. The number of carbonyl (C=O) groups is 2. The molecule has 1 heterocycles. The van der Waals surface area contributed by atoms with Crippen molar-refractivity contribution in [3.8, 4) is 0 Å². The predicted octanol–water partition coefficient (Wildman–Crippen LogP) is -0.347. The summed E-state index contributed by atoms with van der Waals surface area (Å²) in [6.45, 7) is 2.64. The third kappa shape index (κ3) is 4.73. The molecule has 3 amide bonds. The number of nitrogens with one attached hydrogen (secondary N) is 2. The van der Waals surface area contributed by atoms with E-state index in [1.807, 2.05) is 0 Å². The Labute approximate surface area is 157 Å². The fraction of sp³-hybridized carbons (Fsp3) is 0.500. The first-order chi connectivity index (χ1) is 12.8. The lowest BCUT2D eigenvalue weighted by molar-refractivity contribution is -0.130. The minimum Gasteiger partial charge on any atom is -0.352 e. The van der Waals surface area contributed by atoms with E-state index in [-0.39, 0.29) is 31.1 Å². The number of nitrogens with two attached hydrogens (primary N) is 1. The van der Waals surface area contributed by atoms with Crippen LogP contribution in [0, 0.1) is 5.82 Å². The summed E-state index contributed by atoms with van der Waals surface area (Å²) in [6.07, 6.45) is -0.995. The minimum atomic E-state index is -4.13. The van der Waals surface area contributed by atoms with Crippen LogP contribution in [0.3, 0.4) is 0 Å². The van der Waals surface area contributed by atoms with Gasteiger partial charge in [0.05, 0.1) is 4.90 Å².